The summed E-state index contributed by atoms with van der Waals surface area (Å²) >= 11 is 5.71. The molecule has 0 fully saturated rings. The van der Waals surface area contributed by atoms with E-state index in [1.54, 1.807) is 0 Å². The Labute approximate surface area is 84.4 Å². The van der Waals surface area contributed by atoms with Gasteiger partial charge in [-0.25, -0.2) is 9.97 Å². The van der Waals surface area contributed by atoms with Crippen molar-refractivity contribution in [1.82, 2.24) is 9.97 Å². The summed E-state index contributed by atoms with van der Waals surface area (Å²) in [7, 11) is 0. The molecule has 0 unspecified atom stereocenters. The zero-order chi connectivity index (χ0) is 9.84. The van der Waals surface area contributed by atoms with Gasteiger partial charge in [-0.1, -0.05) is 20.8 Å². The third kappa shape index (κ3) is 2.66. The van der Waals surface area contributed by atoms with Crippen LogP contribution in [0.3, 0.4) is 0 Å². The van der Waals surface area contributed by atoms with Crippen molar-refractivity contribution in [2.45, 2.75) is 39.0 Å². The van der Waals surface area contributed by atoms with Crippen LogP contribution in [0.5, 0.6) is 0 Å². The molecule has 0 radical (unpaired) electrons. The van der Waals surface area contributed by atoms with E-state index in [1.807, 2.05) is 0 Å². The lowest BCUT2D eigenvalue weighted by Gasteiger charge is -2.07. The fourth-order valence-corrected chi connectivity index (χ4v) is 1.23. The van der Waals surface area contributed by atoms with Crippen LogP contribution >= 0.6 is 11.6 Å². The van der Waals surface area contributed by atoms with Gasteiger partial charge in [0.2, 0.25) is 0 Å². The molecule has 0 bridgehead atoms. The van der Waals surface area contributed by atoms with E-state index in [1.165, 1.54) is 0 Å². The smallest absolute Gasteiger partial charge is 0.143 e. The van der Waals surface area contributed by atoms with Crippen LogP contribution in [0.25, 0.3) is 0 Å². The molecular formula is C10H15ClN2. The van der Waals surface area contributed by atoms with Crippen molar-refractivity contribution < 1.29 is 0 Å². The second-order valence-corrected chi connectivity index (χ2v) is 3.61. The number of aromatic nitrogens is 2. The SMILES string of the molecule is CCc1cc(C(C)C)nc(CCl)n1. The maximum atomic E-state index is 5.71. The van der Waals surface area contributed by atoms with Gasteiger partial charge in [0.05, 0.1) is 5.88 Å². The molecule has 0 aliphatic rings. The van der Waals surface area contributed by atoms with Crippen LogP contribution in [0.4, 0.5) is 0 Å². The first-order chi connectivity index (χ1) is 6.17. The molecule has 1 heterocycles. The number of aryl methyl sites for hydroxylation is 1. The monoisotopic (exact) mass is 198 g/mol. The van der Waals surface area contributed by atoms with Gasteiger partial charge in [0.15, 0.2) is 0 Å². The molecule has 13 heavy (non-hydrogen) atoms. The van der Waals surface area contributed by atoms with Crippen molar-refractivity contribution in [3.8, 4) is 0 Å². The predicted molar refractivity (Wildman–Crippen MR) is 55.1 cm³/mol. The highest BCUT2D eigenvalue weighted by Crippen LogP contribution is 2.13. The van der Waals surface area contributed by atoms with E-state index >= 15 is 0 Å². The minimum Gasteiger partial charge on any atom is -0.237 e. The molecule has 0 N–H and O–H groups in total. The Morgan fingerprint density at radius 1 is 1.38 bits per heavy atom. The maximum absolute atomic E-state index is 5.71. The summed E-state index contributed by atoms with van der Waals surface area (Å²) in [5.74, 6) is 1.58. The van der Waals surface area contributed by atoms with Crippen LogP contribution in [-0.4, -0.2) is 9.97 Å². The van der Waals surface area contributed by atoms with E-state index in [2.05, 4.69) is 36.8 Å². The van der Waals surface area contributed by atoms with E-state index in [0.717, 1.165) is 23.6 Å². The van der Waals surface area contributed by atoms with Crippen LogP contribution in [0.15, 0.2) is 6.07 Å². The Morgan fingerprint density at radius 2 is 2.08 bits per heavy atom. The lowest BCUT2D eigenvalue weighted by molar-refractivity contribution is 0.784. The third-order valence-corrected chi connectivity index (χ3v) is 2.16. The van der Waals surface area contributed by atoms with Gasteiger partial charge in [-0.05, 0) is 18.4 Å². The molecule has 0 aromatic carbocycles. The van der Waals surface area contributed by atoms with E-state index in [9.17, 15) is 0 Å². The summed E-state index contributed by atoms with van der Waals surface area (Å²) in [4.78, 5) is 8.67. The van der Waals surface area contributed by atoms with Crippen molar-refractivity contribution in [3.05, 3.63) is 23.3 Å². The molecule has 0 spiro atoms. The first-order valence-electron chi connectivity index (χ1n) is 4.60. The molecular weight excluding hydrogens is 184 g/mol. The average molecular weight is 199 g/mol. The summed E-state index contributed by atoms with van der Waals surface area (Å²) < 4.78 is 0. The molecule has 0 aliphatic heterocycles. The molecule has 72 valence electrons. The maximum Gasteiger partial charge on any atom is 0.143 e. The van der Waals surface area contributed by atoms with Gasteiger partial charge >= 0.3 is 0 Å². The molecule has 3 heteroatoms. The topological polar surface area (TPSA) is 25.8 Å². The number of halogens is 1. The first-order valence-corrected chi connectivity index (χ1v) is 5.13. The van der Waals surface area contributed by atoms with E-state index in [-0.39, 0.29) is 0 Å². The van der Waals surface area contributed by atoms with E-state index < -0.39 is 0 Å². The van der Waals surface area contributed by atoms with Crippen molar-refractivity contribution >= 4 is 11.6 Å². The first kappa shape index (κ1) is 10.5. The molecule has 1 rings (SSSR count). The lowest BCUT2D eigenvalue weighted by atomic mass is 10.1. The van der Waals surface area contributed by atoms with Gasteiger partial charge in [0.25, 0.3) is 0 Å². The minimum absolute atomic E-state index is 0.396. The second-order valence-electron chi connectivity index (χ2n) is 3.34. The van der Waals surface area contributed by atoms with Crippen molar-refractivity contribution in [3.63, 3.8) is 0 Å². The molecule has 0 amide bonds. The van der Waals surface area contributed by atoms with Crippen LogP contribution < -0.4 is 0 Å². The van der Waals surface area contributed by atoms with Crippen molar-refractivity contribution in [2.75, 3.05) is 0 Å². The Hall–Kier alpha value is -0.630. The number of rotatable bonds is 3. The van der Waals surface area contributed by atoms with Crippen LogP contribution in [0.2, 0.25) is 0 Å². The molecule has 1 aromatic rings. The summed E-state index contributed by atoms with van der Waals surface area (Å²) in [5.41, 5.74) is 2.16. The highest BCUT2D eigenvalue weighted by molar-refractivity contribution is 6.16. The number of hydrogen-bond donors (Lipinski definition) is 0. The largest absolute Gasteiger partial charge is 0.237 e. The molecule has 0 atom stereocenters. The standard InChI is InChI=1S/C10H15ClN2/c1-4-8-5-9(7(2)3)13-10(6-11)12-8/h5,7H,4,6H2,1-3H3. The molecule has 0 saturated heterocycles. The molecule has 0 aliphatic carbocycles. The normalized spacial score (nSPS) is 10.8. The quantitative estimate of drug-likeness (QED) is 0.698. The second kappa shape index (κ2) is 4.56. The van der Waals surface area contributed by atoms with Gasteiger partial charge in [0.1, 0.15) is 5.82 Å². The van der Waals surface area contributed by atoms with Crippen LogP contribution in [0, 0.1) is 0 Å². The van der Waals surface area contributed by atoms with Gasteiger partial charge in [-0.15, -0.1) is 11.6 Å². The Bertz CT molecular complexity index is 262. The van der Waals surface area contributed by atoms with Crippen LogP contribution in [-0.2, 0) is 12.3 Å². The van der Waals surface area contributed by atoms with Crippen molar-refractivity contribution in [1.29, 1.82) is 0 Å². The number of nitrogens with zero attached hydrogens (tertiary/aromatic N) is 2. The zero-order valence-electron chi connectivity index (χ0n) is 8.34. The van der Waals surface area contributed by atoms with Gasteiger partial charge < -0.3 is 0 Å². The van der Waals surface area contributed by atoms with Crippen molar-refractivity contribution in [2.24, 2.45) is 0 Å². The summed E-state index contributed by atoms with van der Waals surface area (Å²) in [6, 6.07) is 2.06. The summed E-state index contributed by atoms with van der Waals surface area (Å²) in [6.45, 7) is 6.34. The number of alkyl halides is 1. The molecule has 2 nitrogen and oxygen atoms in total. The Morgan fingerprint density at radius 3 is 2.54 bits per heavy atom. The highest BCUT2D eigenvalue weighted by Gasteiger charge is 2.05. The highest BCUT2D eigenvalue weighted by atomic mass is 35.5. The van der Waals surface area contributed by atoms with Gasteiger partial charge in [-0.3, -0.25) is 0 Å². The van der Waals surface area contributed by atoms with Crippen LogP contribution in [0.1, 0.15) is 43.9 Å². The molecule has 0 saturated carbocycles. The predicted octanol–water partition coefficient (Wildman–Crippen LogP) is 2.90. The average Bonchev–Trinajstić information content (AvgIpc) is 2.16. The lowest BCUT2D eigenvalue weighted by Crippen LogP contribution is -2.02. The van der Waals surface area contributed by atoms with E-state index in [0.29, 0.717) is 11.8 Å². The zero-order valence-corrected chi connectivity index (χ0v) is 9.10. The van der Waals surface area contributed by atoms with Gasteiger partial charge in [0, 0.05) is 11.4 Å². The third-order valence-electron chi connectivity index (χ3n) is 1.92. The number of hydrogen-bond acceptors (Lipinski definition) is 2. The Kier molecular flexibility index (Phi) is 3.67. The fourth-order valence-electron chi connectivity index (χ4n) is 1.11. The summed E-state index contributed by atoms with van der Waals surface area (Å²) in [5, 5.41) is 0. The summed E-state index contributed by atoms with van der Waals surface area (Å²) in [6.07, 6.45) is 0.937. The van der Waals surface area contributed by atoms with E-state index in [4.69, 9.17) is 11.6 Å². The fraction of sp³-hybridized carbons (Fsp3) is 0.600. The molecule has 1 aromatic heterocycles. The minimum atomic E-state index is 0.396. The van der Waals surface area contributed by atoms with Gasteiger partial charge in [-0.2, -0.15) is 0 Å². The Balaban J connectivity index is 3.07.